The first-order valence-corrected chi connectivity index (χ1v) is 11.8. The Balaban J connectivity index is 1.54. The molecule has 3 amide bonds. The zero-order valence-corrected chi connectivity index (χ0v) is 19.8. The average molecular weight is 448 g/mol. The molecule has 0 bridgehead atoms. The molecule has 2 aliphatic heterocycles. The van der Waals surface area contributed by atoms with Crippen molar-refractivity contribution in [3.63, 3.8) is 0 Å². The second-order valence-corrected chi connectivity index (χ2v) is 9.48. The van der Waals surface area contributed by atoms with Crippen molar-refractivity contribution in [3.05, 3.63) is 59.7 Å². The van der Waals surface area contributed by atoms with Crippen molar-refractivity contribution >= 4 is 17.7 Å². The van der Waals surface area contributed by atoms with E-state index < -0.39 is 11.5 Å². The summed E-state index contributed by atoms with van der Waals surface area (Å²) in [6.45, 7) is 5.40. The Labute approximate surface area is 196 Å². The van der Waals surface area contributed by atoms with Crippen LogP contribution < -0.4 is 5.32 Å². The van der Waals surface area contributed by atoms with E-state index in [1.807, 2.05) is 6.07 Å². The van der Waals surface area contributed by atoms with Gasteiger partial charge in [-0.15, -0.1) is 0 Å². The molecule has 1 N–H and O–H groups in total. The van der Waals surface area contributed by atoms with Crippen LogP contribution in [-0.4, -0.2) is 60.2 Å². The van der Waals surface area contributed by atoms with Gasteiger partial charge in [0.2, 0.25) is 17.7 Å². The molecule has 2 fully saturated rings. The second kappa shape index (κ2) is 9.38. The maximum absolute atomic E-state index is 13.2. The number of nitrogens with zero attached hydrogens (tertiary/aromatic N) is 2. The summed E-state index contributed by atoms with van der Waals surface area (Å²) >= 11 is 0. The highest BCUT2D eigenvalue weighted by Crippen LogP contribution is 2.36. The minimum absolute atomic E-state index is 0.0385. The molecule has 33 heavy (non-hydrogen) atoms. The zero-order chi connectivity index (χ0) is 23.6. The third-order valence-corrected chi connectivity index (χ3v) is 7.16. The third-order valence-electron chi connectivity index (χ3n) is 7.16. The highest BCUT2D eigenvalue weighted by molar-refractivity contribution is 5.90. The van der Waals surface area contributed by atoms with Crippen molar-refractivity contribution in [3.8, 4) is 11.1 Å². The van der Waals surface area contributed by atoms with Gasteiger partial charge in [-0.3, -0.25) is 14.4 Å². The fourth-order valence-corrected chi connectivity index (χ4v) is 5.21. The normalized spacial score (nSPS) is 21.4. The van der Waals surface area contributed by atoms with Crippen LogP contribution in [0.25, 0.3) is 11.1 Å². The molecular formula is C27H33N3O3. The highest BCUT2D eigenvalue weighted by Gasteiger charge is 2.47. The lowest BCUT2D eigenvalue weighted by atomic mass is 9.79. The van der Waals surface area contributed by atoms with Gasteiger partial charge in [0.1, 0.15) is 6.04 Å². The third kappa shape index (κ3) is 4.65. The van der Waals surface area contributed by atoms with E-state index in [2.05, 4.69) is 54.7 Å². The molecular weight excluding hydrogens is 414 g/mol. The molecule has 2 aromatic rings. The van der Waals surface area contributed by atoms with Gasteiger partial charge in [0, 0.05) is 33.1 Å². The maximum Gasteiger partial charge on any atom is 0.245 e. The number of nitrogens with one attached hydrogen (secondary N) is 1. The number of benzene rings is 2. The number of likely N-dealkylation sites (tertiary alicyclic amines) is 2. The summed E-state index contributed by atoms with van der Waals surface area (Å²) in [4.78, 5) is 41.8. The smallest absolute Gasteiger partial charge is 0.245 e. The number of hydrogen-bond acceptors (Lipinski definition) is 3. The van der Waals surface area contributed by atoms with Crippen molar-refractivity contribution in [2.24, 2.45) is 5.41 Å². The molecule has 0 aliphatic carbocycles. The number of amides is 3. The van der Waals surface area contributed by atoms with Gasteiger partial charge in [-0.1, -0.05) is 54.1 Å². The van der Waals surface area contributed by atoms with E-state index in [1.165, 1.54) is 5.56 Å². The van der Waals surface area contributed by atoms with Gasteiger partial charge in [-0.05, 0) is 49.8 Å². The van der Waals surface area contributed by atoms with Crippen LogP contribution in [0.2, 0.25) is 0 Å². The summed E-state index contributed by atoms with van der Waals surface area (Å²) in [7, 11) is 1.66. The molecule has 0 aromatic heterocycles. The Hall–Kier alpha value is -3.15. The SMILES string of the molecule is CNC(=O)[C@@]1(Cc2cccc(-c3ccc(C)cc3)c2)CCN(C(=O)[C@@H](C)N2CCCC2=O)C1. The summed E-state index contributed by atoms with van der Waals surface area (Å²) < 4.78 is 0. The lowest BCUT2D eigenvalue weighted by Crippen LogP contribution is -2.49. The Morgan fingerprint density at radius 2 is 1.85 bits per heavy atom. The standard InChI is InChI=1S/C27H33N3O3/c1-19-9-11-22(12-10-19)23-7-4-6-21(16-23)17-27(26(33)28-3)13-15-29(18-27)25(32)20(2)30-14-5-8-24(30)31/h4,6-7,9-12,16,20H,5,8,13-15,17-18H2,1-3H3,(H,28,33)/t20-,27-/m1/s1. The van der Waals surface area contributed by atoms with E-state index in [1.54, 1.807) is 23.8 Å². The largest absolute Gasteiger partial charge is 0.359 e. The summed E-state index contributed by atoms with van der Waals surface area (Å²) in [5.41, 5.74) is 3.88. The first kappa shape index (κ1) is 23.0. The molecule has 4 rings (SSSR count). The van der Waals surface area contributed by atoms with E-state index in [0.717, 1.165) is 23.1 Å². The van der Waals surface area contributed by atoms with Gasteiger partial charge in [0.05, 0.1) is 5.41 Å². The van der Waals surface area contributed by atoms with Gasteiger partial charge >= 0.3 is 0 Å². The van der Waals surface area contributed by atoms with Crippen molar-refractivity contribution in [2.75, 3.05) is 26.7 Å². The predicted octanol–water partition coefficient (Wildman–Crippen LogP) is 3.18. The predicted molar refractivity (Wildman–Crippen MR) is 128 cm³/mol. The molecule has 174 valence electrons. The van der Waals surface area contributed by atoms with Crippen molar-refractivity contribution in [2.45, 2.75) is 45.6 Å². The summed E-state index contributed by atoms with van der Waals surface area (Å²) in [5, 5.41) is 2.83. The number of aryl methyl sites for hydroxylation is 1. The molecule has 6 nitrogen and oxygen atoms in total. The van der Waals surface area contributed by atoms with Crippen molar-refractivity contribution < 1.29 is 14.4 Å². The van der Waals surface area contributed by atoms with Gasteiger partial charge in [0.25, 0.3) is 0 Å². The molecule has 2 atom stereocenters. The first-order chi connectivity index (χ1) is 15.8. The number of carbonyl (C=O) groups is 3. The maximum atomic E-state index is 13.2. The molecule has 0 unspecified atom stereocenters. The molecule has 2 saturated heterocycles. The second-order valence-electron chi connectivity index (χ2n) is 9.48. The molecule has 0 saturated carbocycles. The molecule has 0 spiro atoms. The van der Waals surface area contributed by atoms with Crippen LogP contribution in [0.3, 0.4) is 0 Å². The lowest BCUT2D eigenvalue weighted by Gasteiger charge is -2.30. The minimum Gasteiger partial charge on any atom is -0.359 e. The fourth-order valence-electron chi connectivity index (χ4n) is 5.21. The summed E-state index contributed by atoms with van der Waals surface area (Å²) in [6, 6.07) is 16.2. The topological polar surface area (TPSA) is 69.7 Å². The average Bonchev–Trinajstić information content (AvgIpc) is 3.45. The molecule has 2 aliphatic rings. The van der Waals surface area contributed by atoms with E-state index >= 15 is 0 Å². The van der Waals surface area contributed by atoms with E-state index in [9.17, 15) is 14.4 Å². The highest BCUT2D eigenvalue weighted by atomic mass is 16.2. The van der Waals surface area contributed by atoms with Gasteiger partial charge in [-0.2, -0.15) is 0 Å². The Morgan fingerprint density at radius 1 is 1.09 bits per heavy atom. The van der Waals surface area contributed by atoms with Crippen LogP contribution in [0.5, 0.6) is 0 Å². The number of hydrogen-bond donors (Lipinski definition) is 1. The van der Waals surface area contributed by atoms with Crippen LogP contribution in [0, 0.1) is 12.3 Å². The number of carbonyl (C=O) groups excluding carboxylic acids is 3. The van der Waals surface area contributed by atoms with Gasteiger partial charge < -0.3 is 15.1 Å². The Kier molecular flexibility index (Phi) is 6.54. The fraction of sp³-hybridized carbons (Fsp3) is 0.444. The monoisotopic (exact) mass is 447 g/mol. The minimum atomic E-state index is -0.676. The molecule has 0 radical (unpaired) electrons. The van der Waals surface area contributed by atoms with E-state index in [4.69, 9.17) is 0 Å². The number of rotatable bonds is 6. The van der Waals surface area contributed by atoms with Crippen molar-refractivity contribution in [1.29, 1.82) is 0 Å². The van der Waals surface area contributed by atoms with E-state index in [0.29, 0.717) is 38.9 Å². The Bertz CT molecular complexity index is 1050. The van der Waals surface area contributed by atoms with Crippen LogP contribution >= 0.6 is 0 Å². The molecule has 2 heterocycles. The Morgan fingerprint density at radius 3 is 2.52 bits per heavy atom. The van der Waals surface area contributed by atoms with Crippen molar-refractivity contribution in [1.82, 2.24) is 15.1 Å². The van der Waals surface area contributed by atoms with E-state index in [-0.39, 0.29) is 17.7 Å². The van der Waals surface area contributed by atoms with Crippen LogP contribution in [0.15, 0.2) is 48.5 Å². The summed E-state index contributed by atoms with van der Waals surface area (Å²) in [5.74, 6) is -0.0617. The van der Waals surface area contributed by atoms with Gasteiger partial charge in [0.15, 0.2) is 0 Å². The first-order valence-electron chi connectivity index (χ1n) is 11.8. The van der Waals surface area contributed by atoms with Crippen LogP contribution in [-0.2, 0) is 20.8 Å². The summed E-state index contributed by atoms with van der Waals surface area (Å²) in [6.07, 6.45) is 2.48. The molecule has 2 aromatic carbocycles. The quantitative estimate of drug-likeness (QED) is 0.740. The van der Waals surface area contributed by atoms with Crippen LogP contribution in [0.1, 0.15) is 37.3 Å². The molecule has 6 heteroatoms. The lowest BCUT2D eigenvalue weighted by molar-refractivity contribution is -0.142. The zero-order valence-electron chi connectivity index (χ0n) is 19.8. The van der Waals surface area contributed by atoms with Crippen LogP contribution in [0.4, 0.5) is 0 Å². The van der Waals surface area contributed by atoms with Gasteiger partial charge in [-0.25, -0.2) is 0 Å².